The summed E-state index contributed by atoms with van der Waals surface area (Å²) in [5.41, 5.74) is 1.29. The summed E-state index contributed by atoms with van der Waals surface area (Å²) in [6, 6.07) is 15.0. The first-order chi connectivity index (χ1) is 12.4. The SMILES string of the molecule is Cn1ccnc1[C@H](NC(=O)c1ccc(S(C)(=O)=O)cc1)c1ccccc1. The molecule has 0 radical (unpaired) electrons. The largest absolute Gasteiger partial charge is 0.338 e. The standard InChI is InChI=1S/C19H19N3O3S/c1-22-13-12-20-18(22)17(14-6-4-3-5-7-14)21-19(23)15-8-10-16(11-9-15)26(2,24)25/h3-13,17H,1-2H3,(H,21,23)/t17-/m1/s1. The summed E-state index contributed by atoms with van der Waals surface area (Å²) in [6.45, 7) is 0. The summed E-state index contributed by atoms with van der Waals surface area (Å²) in [5, 5.41) is 2.98. The Bertz CT molecular complexity index is 1010. The van der Waals surface area contributed by atoms with Crippen LogP contribution < -0.4 is 5.32 Å². The fraction of sp³-hybridized carbons (Fsp3) is 0.158. The van der Waals surface area contributed by atoms with E-state index in [1.54, 1.807) is 6.20 Å². The molecule has 0 saturated carbocycles. The number of hydrogen-bond donors (Lipinski definition) is 1. The van der Waals surface area contributed by atoms with E-state index in [1.807, 2.05) is 48.1 Å². The number of nitrogens with one attached hydrogen (secondary N) is 1. The lowest BCUT2D eigenvalue weighted by Crippen LogP contribution is -2.31. The van der Waals surface area contributed by atoms with Crippen molar-refractivity contribution in [3.05, 3.63) is 83.9 Å². The molecule has 1 heterocycles. The quantitative estimate of drug-likeness (QED) is 0.748. The van der Waals surface area contributed by atoms with E-state index in [1.165, 1.54) is 24.3 Å². The van der Waals surface area contributed by atoms with Crippen molar-refractivity contribution in [3.8, 4) is 0 Å². The Balaban J connectivity index is 1.90. The van der Waals surface area contributed by atoms with E-state index >= 15 is 0 Å². The molecular formula is C19H19N3O3S. The van der Waals surface area contributed by atoms with Crippen LogP contribution in [0.3, 0.4) is 0 Å². The molecule has 1 N–H and O–H groups in total. The highest BCUT2D eigenvalue weighted by atomic mass is 32.2. The van der Waals surface area contributed by atoms with Crippen LogP contribution in [0, 0.1) is 0 Å². The molecule has 0 spiro atoms. The number of imidazole rings is 1. The molecule has 1 atom stereocenters. The van der Waals surface area contributed by atoms with Gasteiger partial charge in [0, 0.05) is 31.3 Å². The van der Waals surface area contributed by atoms with Gasteiger partial charge in [0.25, 0.3) is 5.91 Å². The molecule has 3 aromatic rings. The molecule has 6 nitrogen and oxygen atoms in total. The lowest BCUT2D eigenvalue weighted by molar-refractivity contribution is 0.0941. The molecule has 0 unspecified atom stereocenters. The van der Waals surface area contributed by atoms with Gasteiger partial charge < -0.3 is 9.88 Å². The monoisotopic (exact) mass is 369 g/mol. The number of amides is 1. The van der Waals surface area contributed by atoms with Gasteiger partial charge in [0.05, 0.1) is 4.90 Å². The van der Waals surface area contributed by atoms with E-state index in [0.29, 0.717) is 11.4 Å². The average molecular weight is 369 g/mol. The number of rotatable bonds is 5. The maximum atomic E-state index is 12.7. The Kier molecular flexibility index (Phi) is 4.90. The molecule has 26 heavy (non-hydrogen) atoms. The minimum atomic E-state index is -3.30. The van der Waals surface area contributed by atoms with Crippen LogP contribution in [0.1, 0.15) is 27.8 Å². The molecular weight excluding hydrogens is 350 g/mol. The number of nitrogens with zero attached hydrogens (tertiary/aromatic N) is 2. The fourth-order valence-electron chi connectivity index (χ4n) is 2.67. The number of sulfone groups is 1. The van der Waals surface area contributed by atoms with Gasteiger partial charge in [-0.1, -0.05) is 30.3 Å². The summed E-state index contributed by atoms with van der Waals surface area (Å²) < 4.78 is 25.0. The first kappa shape index (κ1) is 17.9. The van der Waals surface area contributed by atoms with Crippen molar-refractivity contribution in [2.75, 3.05) is 6.26 Å². The van der Waals surface area contributed by atoms with Crippen LogP contribution in [0.4, 0.5) is 0 Å². The Labute approximate surface area is 152 Å². The first-order valence-corrected chi connectivity index (χ1v) is 9.88. The summed E-state index contributed by atoms with van der Waals surface area (Å²) in [7, 11) is -1.43. The topological polar surface area (TPSA) is 81.1 Å². The summed E-state index contributed by atoms with van der Waals surface area (Å²) >= 11 is 0. The zero-order valence-corrected chi connectivity index (χ0v) is 15.3. The third kappa shape index (κ3) is 3.83. The van der Waals surface area contributed by atoms with Crippen molar-refractivity contribution in [3.63, 3.8) is 0 Å². The van der Waals surface area contributed by atoms with E-state index in [0.717, 1.165) is 11.8 Å². The van der Waals surface area contributed by atoms with E-state index in [9.17, 15) is 13.2 Å². The van der Waals surface area contributed by atoms with E-state index in [4.69, 9.17) is 0 Å². The van der Waals surface area contributed by atoms with Crippen molar-refractivity contribution < 1.29 is 13.2 Å². The smallest absolute Gasteiger partial charge is 0.252 e. The zero-order chi connectivity index (χ0) is 18.7. The Morgan fingerprint density at radius 2 is 1.73 bits per heavy atom. The average Bonchev–Trinajstić information content (AvgIpc) is 3.05. The number of carbonyl (C=O) groups is 1. The van der Waals surface area contributed by atoms with Gasteiger partial charge in [-0.15, -0.1) is 0 Å². The predicted molar refractivity (Wildman–Crippen MR) is 98.5 cm³/mol. The van der Waals surface area contributed by atoms with Gasteiger partial charge in [-0.25, -0.2) is 13.4 Å². The second-order valence-corrected chi connectivity index (χ2v) is 8.03. The maximum absolute atomic E-state index is 12.7. The highest BCUT2D eigenvalue weighted by Crippen LogP contribution is 2.21. The molecule has 134 valence electrons. The normalized spacial score (nSPS) is 12.5. The Morgan fingerprint density at radius 3 is 2.27 bits per heavy atom. The van der Waals surface area contributed by atoms with Crippen LogP contribution in [0.25, 0.3) is 0 Å². The first-order valence-electron chi connectivity index (χ1n) is 7.99. The minimum absolute atomic E-state index is 0.178. The zero-order valence-electron chi connectivity index (χ0n) is 14.5. The predicted octanol–water partition coefficient (Wildman–Crippen LogP) is 2.34. The number of aromatic nitrogens is 2. The fourth-order valence-corrected chi connectivity index (χ4v) is 3.30. The van der Waals surface area contributed by atoms with Gasteiger partial charge in [-0.2, -0.15) is 0 Å². The van der Waals surface area contributed by atoms with Crippen LogP contribution in [0.5, 0.6) is 0 Å². The minimum Gasteiger partial charge on any atom is -0.338 e. The molecule has 0 aliphatic rings. The van der Waals surface area contributed by atoms with Gasteiger partial charge in [0.2, 0.25) is 0 Å². The van der Waals surface area contributed by atoms with Crippen LogP contribution >= 0.6 is 0 Å². The molecule has 0 bridgehead atoms. The van der Waals surface area contributed by atoms with Crippen molar-refractivity contribution in [1.82, 2.24) is 14.9 Å². The Morgan fingerprint density at radius 1 is 1.08 bits per heavy atom. The third-order valence-electron chi connectivity index (χ3n) is 4.07. The van der Waals surface area contributed by atoms with Crippen molar-refractivity contribution >= 4 is 15.7 Å². The highest BCUT2D eigenvalue weighted by Gasteiger charge is 2.21. The van der Waals surface area contributed by atoms with Crippen molar-refractivity contribution in [2.45, 2.75) is 10.9 Å². The number of hydrogen-bond acceptors (Lipinski definition) is 4. The number of aryl methyl sites for hydroxylation is 1. The molecule has 7 heteroatoms. The molecule has 0 aliphatic heterocycles. The molecule has 1 amide bonds. The highest BCUT2D eigenvalue weighted by molar-refractivity contribution is 7.90. The van der Waals surface area contributed by atoms with Crippen LogP contribution in [0.15, 0.2) is 71.9 Å². The van der Waals surface area contributed by atoms with Crippen LogP contribution in [0.2, 0.25) is 0 Å². The van der Waals surface area contributed by atoms with Crippen molar-refractivity contribution in [2.24, 2.45) is 7.05 Å². The molecule has 1 aromatic heterocycles. The van der Waals surface area contributed by atoms with Gasteiger partial charge >= 0.3 is 0 Å². The third-order valence-corrected chi connectivity index (χ3v) is 5.20. The summed E-state index contributed by atoms with van der Waals surface area (Å²) in [5.74, 6) is 0.402. The lowest BCUT2D eigenvalue weighted by Gasteiger charge is -2.19. The van der Waals surface area contributed by atoms with E-state index in [2.05, 4.69) is 10.3 Å². The summed E-state index contributed by atoms with van der Waals surface area (Å²) in [4.78, 5) is 17.2. The molecule has 0 aliphatic carbocycles. The Hall–Kier alpha value is -2.93. The van der Waals surface area contributed by atoms with Crippen molar-refractivity contribution in [1.29, 1.82) is 0 Å². The lowest BCUT2D eigenvalue weighted by atomic mass is 10.1. The van der Waals surface area contributed by atoms with Crippen LogP contribution in [-0.2, 0) is 16.9 Å². The van der Waals surface area contributed by atoms with Gasteiger partial charge in [0.1, 0.15) is 11.9 Å². The second-order valence-electron chi connectivity index (χ2n) is 6.01. The van der Waals surface area contributed by atoms with Gasteiger partial charge in [-0.3, -0.25) is 4.79 Å². The molecule has 0 fully saturated rings. The van der Waals surface area contributed by atoms with E-state index in [-0.39, 0.29) is 10.8 Å². The molecule has 3 rings (SSSR count). The van der Waals surface area contributed by atoms with Gasteiger partial charge in [0.15, 0.2) is 9.84 Å². The second kappa shape index (κ2) is 7.13. The molecule has 2 aromatic carbocycles. The maximum Gasteiger partial charge on any atom is 0.252 e. The van der Waals surface area contributed by atoms with Crippen LogP contribution in [-0.4, -0.2) is 30.1 Å². The number of benzene rings is 2. The number of carbonyl (C=O) groups excluding carboxylic acids is 1. The van der Waals surface area contributed by atoms with E-state index < -0.39 is 15.9 Å². The molecule has 0 saturated heterocycles. The van der Waals surface area contributed by atoms with Gasteiger partial charge in [-0.05, 0) is 29.8 Å². The summed E-state index contributed by atoms with van der Waals surface area (Å²) in [6.07, 6.45) is 4.63.